The SMILES string of the molecule is CCCCCC/C=C/CCCCCCCO[C@@H]1[C@@H](O)[C@H](O)CO[C@H]1CO. The van der Waals surface area contributed by atoms with Crippen LogP contribution < -0.4 is 0 Å². The van der Waals surface area contributed by atoms with E-state index in [-0.39, 0.29) is 13.2 Å². The number of aliphatic hydroxyl groups is 3. The molecule has 0 saturated carbocycles. The third-order valence-corrected chi connectivity index (χ3v) is 4.97. The van der Waals surface area contributed by atoms with Gasteiger partial charge in [0.1, 0.15) is 24.4 Å². The molecule has 0 aliphatic carbocycles. The Morgan fingerprint density at radius 1 is 0.923 bits per heavy atom. The van der Waals surface area contributed by atoms with Gasteiger partial charge in [0, 0.05) is 6.61 Å². The highest BCUT2D eigenvalue weighted by atomic mass is 16.6. The van der Waals surface area contributed by atoms with Gasteiger partial charge >= 0.3 is 0 Å². The maximum absolute atomic E-state index is 9.97. The van der Waals surface area contributed by atoms with Crippen molar-refractivity contribution in [2.45, 2.75) is 102 Å². The third kappa shape index (κ3) is 10.0. The van der Waals surface area contributed by atoms with Gasteiger partial charge in [0.2, 0.25) is 0 Å². The van der Waals surface area contributed by atoms with Crippen molar-refractivity contribution in [3.8, 4) is 0 Å². The van der Waals surface area contributed by atoms with Crippen molar-refractivity contribution < 1.29 is 24.8 Å². The number of allylic oxidation sites excluding steroid dienone is 2. The van der Waals surface area contributed by atoms with Crippen LogP contribution in [0.3, 0.4) is 0 Å². The van der Waals surface area contributed by atoms with Gasteiger partial charge in [-0.3, -0.25) is 0 Å². The second-order valence-corrected chi connectivity index (χ2v) is 7.32. The molecule has 0 spiro atoms. The van der Waals surface area contributed by atoms with Crippen LogP contribution in [0.1, 0.15) is 77.6 Å². The Labute approximate surface area is 159 Å². The molecule has 0 radical (unpaired) electrons. The van der Waals surface area contributed by atoms with E-state index in [2.05, 4.69) is 19.1 Å². The van der Waals surface area contributed by atoms with Gasteiger partial charge in [-0.05, 0) is 32.1 Å². The molecule has 0 aromatic heterocycles. The highest BCUT2D eigenvalue weighted by Gasteiger charge is 2.39. The summed E-state index contributed by atoms with van der Waals surface area (Å²) < 4.78 is 11.0. The minimum absolute atomic E-state index is 0.0411. The minimum atomic E-state index is -0.991. The molecule has 1 rings (SSSR count). The summed E-state index contributed by atoms with van der Waals surface area (Å²) in [6.45, 7) is 2.60. The van der Waals surface area contributed by atoms with E-state index < -0.39 is 24.4 Å². The normalized spacial score (nSPS) is 26.6. The van der Waals surface area contributed by atoms with Gasteiger partial charge in [0.25, 0.3) is 0 Å². The Morgan fingerprint density at radius 2 is 1.54 bits per heavy atom. The van der Waals surface area contributed by atoms with Gasteiger partial charge in [-0.15, -0.1) is 0 Å². The zero-order chi connectivity index (χ0) is 19.0. The molecule has 1 fully saturated rings. The van der Waals surface area contributed by atoms with Gasteiger partial charge in [0.15, 0.2) is 0 Å². The van der Waals surface area contributed by atoms with Gasteiger partial charge in [0.05, 0.1) is 13.2 Å². The monoisotopic (exact) mass is 372 g/mol. The summed E-state index contributed by atoms with van der Waals surface area (Å²) in [6.07, 6.45) is 14.9. The predicted molar refractivity (Wildman–Crippen MR) is 104 cm³/mol. The first kappa shape index (κ1) is 23.6. The molecule has 5 heteroatoms. The topological polar surface area (TPSA) is 79.2 Å². The Kier molecular flexibility index (Phi) is 14.1. The maximum atomic E-state index is 9.97. The van der Waals surface area contributed by atoms with Crippen LogP contribution in [-0.4, -0.2) is 59.6 Å². The van der Waals surface area contributed by atoms with Crippen LogP contribution in [0.2, 0.25) is 0 Å². The maximum Gasteiger partial charge on any atom is 0.114 e. The van der Waals surface area contributed by atoms with Gasteiger partial charge in [-0.2, -0.15) is 0 Å². The molecule has 0 aromatic carbocycles. The van der Waals surface area contributed by atoms with Gasteiger partial charge in [-0.25, -0.2) is 0 Å². The predicted octanol–water partition coefficient (Wildman–Crippen LogP) is 3.35. The molecule has 1 aliphatic rings. The van der Waals surface area contributed by atoms with Crippen molar-refractivity contribution in [2.75, 3.05) is 19.8 Å². The van der Waals surface area contributed by atoms with Crippen LogP contribution in [0, 0.1) is 0 Å². The summed E-state index contributed by atoms with van der Waals surface area (Å²) in [4.78, 5) is 0. The fraction of sp³-hybridized carbons (Fsp3) is 0.905. The standard InChI is InChI=1S/C21H40O5/c1-2-3-4-5-6-7-8-9-10-11-12-13-14-15-25-21-19(16-22)26-17-18(23)20(21)24/h7-8,18-24H,2-6,9-17H2,1H3/b8-7+/t18-,19+,20+,21+/m1/s1. The molecule has 0 bridgehead atoms. The minimum Gasteiger partial charge on any atom is -0.394 e. The lowest BCUT2D eigenvalue weighted by Gasteiger charge is -2.37. The van der Waals surface area contributed by atoms with Crippen molar-refractivity contribution in [2.24, 2.45) is 0 Å². The summed E-state index contributed by atoms with van der Waals surface area (Å²) >= 11 is 0. The molecule has 0 aromatic rings. The molecule has 0 unspecified atom stereocenters. The summed E-state index contributed by atoms with van der Waals surface area (Å²) in [5.41, 5.74) is 0. The van der Waals surface area contributed by atoms with E-state index in [1.54, 1.807) is 0 Å². The first-order valence-electron chi connectivity index (χ1n) is 10.6. The van der Waals surface area contributed by atoms with Crippen molar-refractivity contribution >= 4 is 0 Å². The number of ether oxygens (including phenoxy) is 2. The van der Waals surface area contributed by atoms with Crippen molar-refractivity contribution in [3.63, 3.8) is 0 Å². The average Bonchev–Trinajstić information content (AvgIpc) is 2.65. The van der Waals surface area contributed by atoms with E-state index >= 15 is 0 Å². The van der Waals surface area contributed by atoms with Crippen LogP contribution in [0.4, 0.5) is 0 Å². The molecule has 26 heavy (non-hydrogen) atoms. The van der Waals surface area contributed by atoms with Gasteiger partial charge < -0.3 is 24.8 Å². The first-order chi connectivity index (χ1) is 12.7. The lowest BCUT2D eigenvalue weighted by atomic mass is 10.0. The van der Waals surface area contributed by atoms with Crippen LogP contribution in [0.25, 0.3) is 0 Å². The Morgan fingerprint density at radius 3 is 2.19 bits per heavy atom. The lowest BCUT2D eigenvalue weighted by molar-refractivity contribution is -0.211. The number of aliphatic hydroxyl groups excluding tert-OH is 3. The molecule has 1 aliphatic heterocycles. The zero-order valence-electron chi connectivity index (χ0n) is 16.5. The summed E-state index contributed by atoms with van der Waals surface area (Å²) in [6, 6.07) is 0. The van der Waals surface area contributed by atoms with E-state index in [0.29, 0.717) is 6.61 Å². The first-order valence-corrected chi connectivity index (χ1v) is 10.6. The summed E-state index contributed by atoms with van der Waals surface area (Å²) in [5, 5.41) is 28.9. The van der Waals surface area contributed by atoms with Crippen molar-refractivity contribution in [1.82, 2.24) is 0 Å². The third-order valence-electron chi connectivity index (χ3n) is 4.97. The fourth-order valence-corrected chi connectivity index (χ4v) is 3.26. The summed E-state index contributed by atoms with van der Waals surface area (Å²) in [5.74, 6) is 0. The molecule has 0 amide bonds. The number of hydrogen-bond acceptors (Lipinski definition) is 5. The van der Waals surface area contributed by atoms with E-state index in [9.17, 15) is 15.3 Å². The highest BCUT2D eigenvalue weighted by molar-refractivity contribution is 4.87. The van der Waals surface area contributed by atoms with Gasteiger partial charge in [-0.1, -0.05) is 57.6 Å². The molecule has 5 nitrogen and oxygen atoms in total. The van der Waals surface area contributed by atoms with Crippen LogP contribution in [0.15, 0.2) is 12.2 Å². The van der Waals surface area contributed by atoms with E-state index in [4.69, 9.17) is 9.47 Å². The second kappa shape index (κ2) is 15.6. The highest BCUT2D eigenvalue weighted by Crippen LogP contribution is 2.19. The van der Waals surface area contributed by atoms with E-state index in [1.165, 1.54) is 57.8 Å². The average molecular weight is 373 g/mol. The quantitative estimate of drug-likeness (QED) is 0.303. The number of rotatable bonds is 15. The molecular weight excluding hydrogens is 332 g/mol. The smallest absolute Gasteiger partial charge is 0.114 e. The van der Waals surface area contributed by atoms with Crippen molar-refractivity contribution in [1.29, 1.82) is 0 Å². The van der Waals surface area contributed by atoms with Crippen LogP contribution in [-0.2, 0) is 9.47 Å². The summed E-state index contributed by atoms with van der Waals surface area (Å²) in [7, 11) is 0. The Hall–Kier alpha value is -0.460. The molecule has 3 N–H and O–H groups in total. The fourth-order valence-electron chi connectivity index (χ4n) is 3.26. The molecule has 4 atom stereocenters. The van der Waals surface area contributed by atoms with Crippen molar-refractivity contribution in [3.05, 3.63) is 12.2 Å². The molecule has 154 valence electrons. The lowest BCUT2D eigenvalue weighted by Crippen LogP contribution is -2.55. The van der Waals surface area contributed by atoms with E-state index in [0.717, 1.165) is 12.8 Å². The van der Waals surface area contributed by atoms with E-state index in [1.807, 2.05) is 0 Å². The largest absolute Gasteiger partial charge is 0.394 e. The zero-order valence-corrected chi connectivity index (χ0v) is 16.5. The second-order valence-electron chi connectivity index (χ2n) is 7.32. The number of hydrogen-bond donors (Lipinski definition) is 3. The number of unbranched alkanes of at least 4 members (excludes halogenated alkanes) is 9. The molecule has 1 saturated heterocycles. The Balaban J connectivity index is 1.95. The van der Waals surface area contributed by atoms with Crippen LogP contribution in [0.5, 0.6) is 0 Å². The van der Waals surface area contributed by atoms with Crippen LogP contribution >= 0.6 is 0 Å². The molecular formula is C21H40O5. The Bertz CT molecular complexity index is 345. The molecule has 1 heterocycles.